The quantitative estimate of drug-likeness (QED) is 0.359. The molecule has 2 aromatic carbocycles. The number of benzene rings is 2. The molecule has 0 saturated heterocycles. The monoisotopic (exact) mass is 382 g/mol. The Kier molecular flexibility index (Phi) is 5.53. The van der Waals surface area contributed by atoms with Gasteiger partial charge in [-0.15, -0.1) is 0 Å². The second-order valence-electron chi connectivity index (χ2n) is 5.55. The first-order chi connectivity index (χ1) is 13.1. The third kappa shape index (κ3) is 4.33. The number of hydrogen-bond acceptors (Lipinski definition) is 7. The van der Waals surface area contributed by atoms with Gasteiger partial charge in [-0.05, 0) is 34.0 Å². The molecule has 0 aliphatic heterocycles. The maximum Gasteiger partial charge on any atom is 0.301 e. The summed E-state index contributed by atoms with van der Waals surface area (Å²) in [5.41, 5.74) is 4.03. The van der Waals surface area contributed by atoms with Crippen molar-refractivity contribution in [1.29, 1.82) is 0 Å². The molecule has 0 saturated carbocycles. The second-order valence-corrected chi connectivity index (χ2v) is 6.33. The first-order valence-corrected chi connectivity index (χ1v) is 8.79. The van der Waals surface area contributed by atoms with Crippen LogP contribution < -0.4 is 5.43 Å². The Labute approximate surface area is 158 Å². The van der Waals surface area contributed by atoms with Crippen LogP contribution in [-0.2, 0) is 0 Å². The lowest BCUT2D eigenvalue weighted by Gasteiger charge is -2.11. The Bertz CT molecular complexity index is 974. The van der Waals surface area contributed by atoms with Gasteiger partial charge in [0.1, 0.15) is 5.69 Å². The van der Waals surface area contributed by atoms with Crippen LogP contribution in [0.4, 0.5) is 17.1 Å². The van der Waals surface area contributed by atoms with Gasteiger partial charge >= 0.3 is 5.69 Å². The molecule has 8 nitrogen and oxygen atoms in total. The summed E-state index contributed by atoms with van der Waals surface area (Å²) in [5, 5.41) is 30.1. The molecule has 0 bridgehead atoms. The molecule has 1 aromatic heterocycles. The minimum atomic E-state index is -0.682. The zero-order valence-electron chi connectivity index (χ0n) is 13.9. The van der Waals surface area contributed by atoms with Crippen molar-refractivity contribution in [1.82, 2.24) is 0 Å². The largest absolute Gasteiger partial charge is 0.301 e. The highest BCUT2D eigenvalue weighted by Gasteiger charge is 2.19. The molecule has 1 N–H and O–H groups in total. The average Bonchev–Trinajstić information content (AvgIpc) is 3.20. The van der Waals surface area contributed by atoms with Gasteiger partial charge in [-0.2, -0.15) is 16.4 Å². The Balaban J connectivity index is 1.87. The smallest absolute Gasteiger partial charge is 0.272 e. The van der Waals surface area contributed by atoms with E-state index in [1.54, 1.807) is 17.6 Å². The highest BCUT2D eigenvalue weighted by atomic mass is 32.1. The lowest BCUT2D eigenvalue weighted by molar-refractivity contribution is -0.393. The number of nitro benzene ring substituents is 2. The summed E-state index contributed by atoms with van der Waals surface area (Å²) in [4.78, 5) is 20.6. The maximum absolute atomic E-state index is 11.2. The van der Waals surface area contributed by atoms with Crippen LogP contribution in [0.5, 0.6) is 0 Å². The lowest BCUT2D eigenvalue weighted by atomic mass is 9.95. The SMILES string of the molecule is O=[N+]([O-])c1ccc(N/N=C\[C@H](c2ccccc2)c2ccsc2)c([N+](=O)[O-])c1. The Hall–Kier alpha value is -3.59. The van der Waals surface area contributed by atoms with Crippen LogP contribution in [0, 0.1) is 20.2 Å². The summed E-state index contributed by atoms with van der Waals surface area (Å²) >= 11 is 1.57. The normalized spacial score (nSPS) is 12.0. The van der Waals surface area contributed by atoms with Gasteiger partial charge in [0.05, 0.1) is 15.9 Å². The van der Waals surface area contributed by atoms with Crippen LogP contribution >= 0.6 is 11.3 Å². The number of thiophene rings is 1. The molecule has 0 aliphatic carbocycles. The second kappa shape index (κ2) is 8.19. The number of hydrogen-bond donors (Lipinski definition) is 1. The van der Waals surface area contributed by atoms with Crippen molar-refractivity contribution >= 4 is 34.6 Å². The van der Waals surface area contributed by atoms with Crippen molar-refractivity contribution in [3.63, 3.8) is 0 Å². The van der Waals surface area contributed by atoms with Crippen LogP contribution in [-0.4, -0.2) is 16.1 Å². The standard InChI is InChI=1S/C18H14N4O4S/c23-21(24)15-6-7-17(18(10-15)22(25)26)20-19-11-16(14-8-9-27-12-14)13-4-2-1-3-5-13/h1-12,16,20H/b19-11-/t16-/m1/s1. The summed E-state index contributed by atoms with van der Waals surface area (Å²) in [6.07, 6.45) is 1.66. The molecule has 1 heterocycles. The van der Waals surface area contributed by atoms with Crippen LogP contribution in [0.1, 0.15) is 17.0 Å². The molecule has 0 radical (unpaired) electrons. The van der Waals surface area contributed by atoms with Crippen molar-refractivity contribution in [3.05, 3.63) is 96.7 Å². The first-order valence-electron chi connectivity index (χ1n) is 7.85. The van der Waals surface area contributed by atoms with Gasteiger partial charge < -0.3 is 0 Å². The Morgan fingerprint density at radius 2 is 1.78 bits per heavy atom. The van der Waals surface area contributed by atoms with E-state index in [0.717, 1.165) is 17.2 Å². The van der Waals surface area contributed by atoms with E-state index in [-0.39, 0.29) is 17.3 Å². The number of nitrogens with zero attached hydrogens (tertiary/aromatic N) is 3. The molecule has 1 atom stereocenters. The zero-order chi connectivity index (χ0) is 19.2. The fourth-order valence-electron chi connectivity index (χ4n) is 2.54. The predicted molar refractivity (Wildman–Crippen MR) is 104 cm³/mol. The number of hydrazone groups is 1. The van der Waals surface area contributed by atoms with Gasteiger partial charge in [0.15, 0.2) is 0 Å². The van der Waals surface area contributed by atoms with E-state index < -0.39 is 15.5 Å². The van der Waals surface area contributed by atoms with Gasteiger partial charge in [-0.25, -0.2) is 0 Å². The highest BCUT2D eigenvalue weighted by molar-refractivity contribution is 7.08. The number of non-ortho nitro benzene ring substituents is 1. The van der Waals surface area contributed by atoms with Crippen molar-refractivity contribution in [2.24, 2.45) is 5.10 Å². The summed E-state index contributed by atoms with van der Waals surface area (Å²) in [7, 11) is 0. The lowest BCUT2D eigenvalue weighted by Crippen LogP contribution is -2.04. The number of rotatable bonds is 7. The Morgan fingerprint density at radius 3 is 2.41 bits per heavy atom. The molecule has 0 aliphatic rings. The van der Waals surface area contributed by atoms with Crippen LogP contribution in [0.2, 0.25) is 0 Å². The third-order valence-electron chi connectivity index (χ3n) is 3.86. The number of nitrogens with one attached hydrogen (secondary N) is 1. The summed E-state index contributed by atoms with van der Waals surface area (Å²) < 4.78 is 0. The fourth-order valence-corrected chi connectivity index (χ4v) is 3.23. The van der Waals surface area contributed by atoms with E-state index in [9.17, 15) is 20.2 Å². The van der Waals surface area contributed by atoms with Crippen molar-refractivity contribution in [3.8, 4) is 0 Å². The van der Waals surface area contributed by atoms with E-state index in [0.29, 0.717) is 0 Å². The molecular weight excluding hydrogens is 368 g/mol. The molecule has 136 valence electrons. The zero-order valence-corrected chi connectivity index (χ0v) is 14.7. The van der Waals surface area contributed by atoms with E-state index in [1.807, 2.05) is 47.2 Å². The van der Waals surface area contributed by atoms with Gasteiger partial charge in [-0.1, -0.05) is 30.3 Å². The minimum Gasteiger partial charge on any atom is -0.272 e. The van der Waals surface area contributed by atoms with E-state index >= 15 is 0 Å². The van der Waals surface area contributed by atoms with Crippen molar-refractivity contribution < 1.29 is 9.85 Å². The predicted octanol–water partition coefficient (Wildman–Crippen LogP) is 4.79. The van der Waals surface area contributed by atoms with Crippen molar-refractivity contribution in [2.45, 2.75) is 5.92 Å². The molecule has 27 heavy (non-hydrogen) atoms. The summed E-state index contributed by atoms with van der Waals surface area (Å²) in [6.45, 7) is 0. The van der Waals surface area contributed by atoms with Gasteiger partial charge in [0.25, 0.3) is 5.69 Å². The molecule has 3 aromatic rings. The molecule has 9 heteroatoms. The molecule has 0 spiro atoms. The number of nitro groups is 2. The summed E-state index contributed by atoms with van der Waals surface area (Å²) in [5.74, 6) is -0.123. The minimum absolute atomic E-state index is 0.0824. The van der Waals surface area contributed by atoms with E-state index in [1.165, 1.54) is 12.1 Å². The Morgan fingerprint density at radius 1 is 1.00 bits per heavy atom. The van der Waals surface area contributed by atoms with Crippen LogP contribution in [0.15, 0.2) is 70.5 Å². The molecule has 0 amide bonds. The van der Waals surface area contributed by atoms with E-state index in [2.05, 4.69) is 10.5 Å². The maximum atomic E-state index is 11.2. The topological polar surface area (TPSA) is 111 Å². The highest BCUT2D eigenvalue weighted by Crippen LogP contribution is 2.29. The average molecular weight is 382 g/mol. The fraction of sp³-hybridized carbons (Fsp3) is 0.0556. The van der Waals surface area contributed by atoms with Gasteiger partial charge in [0.2, 0.25) is 0 Å². The molecule has 0 fully saturated rings. The molecule has 3 rings (SSSR count). The van der Waals surface area contributed by atoms with Crippen LogP contribution in [0.3, 0.4) is 0 Å². The third-order valence-corrected chi connectivity index (χ3v) is 4.56. The number of anilines is 1. The van der Waals surface area contributed by atoms with E-state index in [4.69, 9.17) is 0 Å². The molecular formula is C18H14N4O4S. The van der Waals surface area contributed by atoms with Crippen LogP contribution in [0.25, 0.3) is 0 Å². The molecule has 0 unspecified atom stereocenters. The first kappa shape index (κ1) is 18.2. The van der Waals surface area contributed by atoms with Crippen molar-refractivity contribution in [2.75, 3.05) is 5.43 Å². The van der Waals surface area contributed by atoms with Gasteiger partial charge in [-0.3, -0.25) is 25.7 Å². The summed E-state index contributed by atoms with van der Waals surface area (Å²) in [6, 6.07) is 15.1. The van der Waals surface area contributed by atoms with Gasteiger partial charge in [0, 0.05) is 18.2 Å².